The lowest BCUT2D eigenvalue weighted by Gasteiger charge is -2.10. The molecule has 1 N–H and O–H groups in total. The molecule has 0 aliphatic heterocycles. The molecular weight excluding hydrogens is 274 g/mol. The zero-order chi connectivity index (χ0) is 15.5. The third kappa shape index (κ3) is 2.61. The highest BCUT2D eigenvalue weighted by Crippen LogP contribution is 2.26. The first-order valence-electron chi connectivity index (χ1n) is 7.06. The number of aromatic amines is 1. The predicted molar refractivity (Wildman–Crippen MR) is 87.9 cm³/mol. The van der Waals surface area contributed by atoms with Crippen LogP contribution in [0.15, 0.2) is 71.5 Å². The summed E-state index contributed by atoms with van der Waals surface area (Å²) in [6.07, 6.45) is 0. The van der Waals surface area contributed by atoms with Gasteiger partial charge in [-0.1, -0.05) is 60.7 Å². The van der Waals surface area contributed by atoms with Crippen molar-refractivity contribution >= 4 is 5.78 Å². The average molecular weight is 289 g/mol. The predicted octanol–water partition coefficient (Wildman–Crippen LogP) is 3.91. The molecule has 0 fully saturated rings. The topological polar surface area (TPSA) is 49.9 Å². The maximum atomic E-state index is 12.4. The van der Waals surface area contributed by atoms with Gasteiger partial charge in [-0.2, -0.15) is 0 Å². The number of benzene rings is 2. The van der Waals surface area contributed by atoms with Gasteiger partial charge in [0, 0.05) is 11.3 Å². The summed E-state index contributed by atoms with van der Waals surface area (Å²) < 4.78 is 0. The number of Topliss-reactive ketones (excluding diaryl/α,β-unsaturated/α-hetero) is 1. The van der Waals surface area contributed by atoms with Gasteiger partial charge in [0.1, 0.15) is 0 Å². The van der Waals surface area contributed by atoms with Gasteiger partial charge in [-0.25, -0.2) is 0 Å². The van der Waals surface area contributed by atoms with Crippen LogP contribution < -0.4 is 5.56 Å². The number of aromatic nitrogens is 1. The van der Waals surface area contributed by atoms with E-state index in [-0.39, 0.29) is 16.9 Å². The Morgan fingerprint density at radius 2 is 1.41 bits per heavy atom. The highest BCUT2D eigenvalue weighted by atomic mass is 16.1. The Balaban J connectivity index is 2.29. The normalized spacial score (nSPS) is 10.4. The Labute approximate surface area is 128 Å². The van der Waals surface area contributed by atoms with Gasteiger partial charge in [-0.3, -0.25) is 9.59 Å². The molecule has 3 rings (SSSR count). The highest BCUT2D eigenvalue weighted by molar-refractivity contribution is 6.01. The molecule has 1 heterocycles. The summed E-state index contributed by atoms with van der Waals surface area (Å²) in [5.74, 6) is -0.236. The van der Waals surface area contributed by atoms with Crippen molar-refractivity contribution in [1.29, 1.82) is 0 Å². The first kappa shape index (κ1) is 14.0. The van der Waals surface area contributed by atoms with Crippen LogP contribution in [0.3, 0.4) is 0 Å². The molecule has 0 bridgehead atoms. The molecule has 3 heteroatoms. The van der Waals surface area contributed by atoms with Gasteiger partial charge in [-0.05, 0) is 24.1 Å². The number of pyridine rings is 1. The van der Waals surface area contributed by atoms with Gasteiger partial charge < -0.3 is 4.98 Å². The number of hydrogen-bond acceptors (Lipinski definition) is 2. The highest BCUT2D eigenvalue weighted by Gasteiger charge is 2.15. The van der Waals surface area contributed by atoms with Gasteiger partial charge in [0.2, 0.25) is 0 Å². The molecule has 22 heavy (non-hydrogen) atoms. The van der Waals surface area contributed by atoms with Crippen LogP contribution in [-0.2, 0) is 0 Å². The SMILES string of the molecule is CC(=O)c1c(-c2ccccc2)cc(-c2ccccc2)[nH]c1=O. The maximum absolute atomic E-state index is 12.4. The lowest BCUT2D eigenvalue weighted by Crippen LogP contribution is -2.18. The number of H-pyrrole nitrogens is 1. The second-order valence-electron chi connectivity index (χ2n) is 5.09. The summed E-state index contributed by atoms with van der Waals surface area (Å²) in [6, 6.07) is 20.9. The van der Waals surface area contributed by atoms with Crippen molar-refractivity contribution in [3.05, 3.63) is 82.6 Å². The van der Waals surface area contributed by atoms with Gasteiger partial charge in [0.15, 0.2) is 5.78 Å². The van der Waals surface area contributed by atoms with E-state index in [0.29, 0.717) is 11.3 Å². The number of nitrogens with one attached hydrogen (secondary N) is 1. The minimum atomic E-state index is -0.354. The molecule has 2 aromatic carbocycles. The summed E-state index contributed by atoms with van der Waals surface area (Å²) in [4.78, 5) is 27.1. The van der Waals surface area contributed by atoms with E-state index in [2.05, 4.69) is 4.98 Å². The van der Waals surface area contributed by atoms with Crippen LogP contribution in [0.25, 0.3) is 22.4 Å². The largest absolute Gasteiger partial charge is 0.321 e. The zero-order valence-corrected chi connectivity index (χ0v) is 12.2. The summed E-state index contributed by atoms with van der Waals surface area (Å²) >= 11 is 0. The molecule has 0 saturated carbocycles. The summed E-state index contributed by atoms with van der Waals surface area (Å²) in [5, 5.41) is 0. The van der Waals surface area contributed by atoms with Crippen molar-refractivity contribution < 1.29 is 4.79 Å². The Morgan fingerprint density at radius 1 is 0.864 bits per heavy atom. The lowest BCUT2D eigenvalue weighted by molar-refractivity contribution is 0.101. The second kappa shape index (κ2) is 5.82. The average Bonchev–Trinajstić information content (AvgIpc) is 2.55. The number of ketones is 1. The van der Waals surface area contributed by atoms with E-state index in [4.69, 9.17) is 0 Å². The maximum Gasteiger partial charge on any atom is 0.259 e. The molecule has 0 amide bonds. The van der Waals surface area contributed by atoms with Gasteiger partial charge in [-0.15, -0.1) is 0 Å². The van der Waals surface area contributed by atoms with Crippen LogP contribution in [-0.4, -0.2) is 10.8 Å². The fourth-order valence-electron chi connectivity index (χ4n) is 2.53. The Kier molecular flexibility index (Phi) is 3.71. The van der Waals surface area contributed by atoms with Crippen LogP contribution in [0.2, 0.25) is 0 Å². The van der Waals surface area contributed by atoms with Crippen molar-refractivity contribution in [2.24, 2.45) is 0 Å². The molecule has 0 saturated heterocycles. The Bertz CT molecular complexity index is 865. The summed E-state index contributed by atoms with van der Waals surface area (Å²) in [7, 11) is 0. The molecule has 0 spiro atoms. The quantitative estimate of drug-likeness (QED) is 0.743. The van der Waals surface area contributed by atoms with Crippen LogP contribution in [0.1, 0.15) is 17.3 Å². The Morgan fingerprint density at radius 3 is 1.95 bits per heavy atom. The van der Waals surface area contributed by atoms with Gasteiger partial charge >= 0.3 is 0 Å². The second-order valence-corrected chi connectivity index (χ2v) is 5.09. The van der Waals surface area contributed by atoms with Crippen molar-refractivity contribution in [3.63, 3.8) is 0 Å². The van der Waals surface area contributed by atoms with E-state index in [1.807, 2.05) is 66.7 Å². The zero-order valence-electron chi connectivity index (χ0n) is 12.2. The smallest absolute Gasteiger partial charge is 0.259 e. The molecular formula is C19H15NO2. The molecule has 0 radical (unpaired) electrons. The molecule has 1 aromatic heterocycles. The first-order valence-corrected chi connectivity index (χ1v) is 7.06. The molecule has 0 aliphatic carbocycles. The number of carbonyl (C=O) groups is 1. The van der Waals surface area contributed by atoms with Crippen molar-refractivity contribution in [3.8, 4) is 22.4 Å². The van der Waals surface area contributed by atoms with Crippen LogP contribution in [0.4, 0.5) is 0 Å². The van der Waals surface area contributed by atoms with E-state index >= 15 is 0 Å². The van der Waals surface area contributed by atoms with Crippen molar-refractivity contribution in [2.45, 2.75) is 6.92 Å². The van der Waals surface area contributed by atoms with E-state index in [1.54, 1.807) is 0 Å². The molecule has 108 valence electrons. The van der Waals surface area contributed by atoms with E-state index < -0.39 is 0 Å². The fourth-order valence-corrected chi connectivity index (χ4v) is 2.53. The number of hydrogen-bond donors (Lipinski definition) is 1. The molecule has 0 aliphatic rings. The summed E-state index contributed by atoms with van der Waals surface area (Å²) in [6.45, 7) is 1.42. The van der Waals surface area contributed by atoms with Gasteiger partial charge in [0.05, 0.1) is 5.56 Å². The monoisotopic (exact) mass is 289 g/mol. The standard InChI is InChI=1S/C19H15NO2/c1-13(21)18-16(14-8-4-2-5-9-14)12-17(20-19(18)22)15-10-6-3-7-11-15/h2-12H,1H3,(H,20,22). The number of carbonyl (C=O) groups excluding carboxylic acids is 1. The lowest BCUT2D eigenvalue weighted by atomic mass is 9.97. The third-order valence-corrected chi connectivity index (χ3v) is 3.55. The van der Waals surface area contributed by atoms with Crippen LogP contribution >= 0.6 is 0 Å². The minimum Gasteiger partial charge on any atom is -0.321 e. The number of rotatable bonds is 3. The molecule has 3 aromatic rings. The Hall–Kier alpha value is -2.94. The van der Waals surface area contributed by atoms with Crippen molar-refractivity contribution in [2.75, 3.05) is 0 Å². The van der Waals surface area contributed by atoms with Crippen LogP contribution in [0, 0.1) is 0 Å². The van der Waals surface area contributed by atoms with E-state index in [9.17, 15) is 9.59 Å². The van der Waals surface area contributed by atoms with Gasteiger partial charge in [0.25, 0.3) is 5.56 Å². The van der Waals surface area contributed by atoms with E-state index in [1.165, 1.54) is 6.92 Å². The van der Waals surface area contributed by atoms with E-state index in [0.717, 1.165) is 11.1 Å². The first-order chi connectivity index (χ1) is 10.7. The minimum absolute atomic E-state index is 0.200. The molecule has 0 unspecified atom stereocenters. The fraction of sp³-hybridized carbons (Fsp3) is 0.0526. The molecule has 0 atom stereocenters. The van der Waals surface area contributed by atoms with Crippen LogP contribution in [0.5, 0.6) is 0 Å². The third-order valence-electron chi connectivity index (χ3n) is 3.55. The van der Waals surface area contributed by atoms with Crippen molar-refractivity contribution in [1.82, 2.24) is 4.98 Å². The summed E-state index contributed by atoms with van der Waals surface area (Å²) in [5.41, 5.74) is 2.98. The molecule has 3 nitrogen and oxygen atoms in total.